The number of carbonyl (C=O) groups excluding carboxylic acids is 1. The third-order valence-electron chi connectivity index (χ3n) is 6.06. The molecule has 2 heterocycles. The first-order valence-corrected chi connectivity index (χ1v) is 13.4. The second-order valence-electron chi connectivity index (χ2n) is 8.46. The lowest BCUT2D eigenvalue weighted by molar-refractivity contribution is -0.385. The van der Waals surface area contributed by atoms with E-state index >= 15 is 0 Å². The van der Waals surface area contributed by atoms with Crippen molar-refractivity contribution in [3.8, 4) is 5.75 Å². The number of nitro benzene ring substituents is 1. The molecule has 0 saturated heterocycles. The molecule has 1 aliphatic rings. The maximum atomic E-state index is 13.9. The standard InChI is InChI=1S/C28H20BrN3O6S/c1-2-38-27(35)22-23(16-9-5-3-6-10-16)30-28-31(24(22)17-11-7-4-8-12-17)26(34)21(39-28)14-18-13-19(29)15-20(25(18)33)32(36)37/h3-15,24,33H,2H2,1H3/b21-14-/t24-/m1/s1. The number of carbonyl (C=O) groups is 1. The quantitative estimate of drug-likeness (QED) is 0.198. The van der Waals surface area contributed by atoms with Crippen LogP contribution in [0.1, 0.15) is 29.7 Å². The van der Waals surface area contributed by atoms with Gasteiger partial charge in [0.1, 0.15) is 0 Å². The van der Waals surface area contributed by atoms with E-state index in [4.69, 9.17) is 9.73 Å². The van der Waals surface area contributed by atoms with Gasteiger partial charge in [-0.2, -0.15) is 0 Å². The lowest BCUT2D eigenvalue weighted by Gasteiger charge is -2.25. The van der Waals surface area contributed by atoms with Gasteiger partial charge in [0.2, 0.25) is 5.75 Å². The molecule has 1 atom stereocenters. The molecule has 9 nitrogen and oxygen atoms in total. The van der Waals surface area contributed by atoms with E-state index < -0.39 is 33.9 Å². The number of esters is 1. The molecule has 4 aromatic rings. The zero-order chi connectivity index (χ0) is 27.7. The number of hydrogen-bond acceptors (Lipinski definition) is 8. The maximum absolute atomic E-state index is 13.9. The first-order chi connectivity index (χ1) is 18.8. The molecule has 3 aromatic carbocycles. The van der Waals surface area contributed by atoms with Crippen molar-refractivity contribution >= 4 is 50.7 Å². The van der Waals surface area contributed by atoms with E-state index in [-0.39, 0.29) is 22.3 Å². The molecular weight excluding hydrogens is 586 g/mol. The smallest absolute Gasteiger partial charge is 0.338 e. The number of phenols is 1. The van der Waals surface area contributed by atoms with Gasteiger partial charge >= 0.3 is 11.7 Å². The number of halogens is 1. The van der Waals surface area contributed by atoms with E-state index in [9.17, 15) is 24.8 Å². The molecule has 11 heteroatoms. The number of nitrogens with zero attached hydrogens (tertiary/aromatic N) is 3. The summed E-state index contributed by atoms with van der Waals surface area (Å²) in [6, 6.07) is 20.1. The largest absolute Gasteiger partial charge is 0.502 e. The minimum Gasteiger partial charge on any atom is -0.502 e. The number of fused-ring (bicyclic) bond motifs is 1. The third kappa shape index (κ3) is 4.93. The Balaban J connectivity index is 1.83. The van der Waals surface area contributed by atoms with Gasteiger partial charge in [-0.15, -0.1) is 0 Å². The predicted molar refractivity (Wildman–Crippen MR) is 150 cm³/mol. The Labute approximate surface area is 233 Å². The van der Waals surface area contributed by atoms with Crippen LogP contribution >= 0.6 is 27.3 Å². The van der Waals surface area contributed by atoms with Crippen LogP contribution in [0.3, 0.4) is 0 Å². The summed E-state index contributed by atoms with van der Waals surface area (Å²) in [5.41, 5.74) is 1.08. The van der Waals surface area contributed by atoms with Crippen LogP contribution in [0.25, 0.3) is 11.8 Å². The van der Waals surface area contributed by atoms with E-state index in [0.29, 0.717) is 26.1 Å². The number of ether oxygens (including phenoxy) is 1. The number of aromatic hydroxyl groups is 1. The molecule has 196 valence electrons. The number of rotatable bonds is 6. The Morgan fingerprint density at radius 2 is 1.85 bits per heavy atom. The van der Waals surface area contributed by atoms with Crippen LogP contribution in [0.4, 0.5) is 5.69 Å². The average molecular weight is 606 g/mol. The second kappa shape index (κ2) is 10.8. The highest BCUT2D eigenvalue weighted by Crippen LogP contribution is 2.36. The monoisotopic (exact) mass is 605 g/mol. The van der Waals surface area contributed by atoms with Crippen LogP contribution in [-0.2, 0) is 9.53 Å². The molecule has 0 fully saturated rings. The molecule has 1 aliphatic heterocycles. The molecule has 0 saturated carbocycles. The van der Waals surface area contributed by atoms with Gasteiger partial charge in [0.05, 0.1) is 33.4 Å². The number of phenolic OH excluding ortho intramolecular Hbond substituents is 1. The van der Waals surface area contributed by atoms with Crippen LogP contribution < -0.4 is 14.9 Å². The fourth-order valence-electron chi connectivity index (χ4n) is 4.39. The Hall–Kier alpha value is -4.35. The van der Waals surface area contributed by atoms with Crippen molar-refractivity contribution in [2.45, 2.75) is 13.0 Å². The van der Waals surface area contributed by atoms with Gasteiger partial charge in [-0.25, -0.2) is 9.79 Å². The molecule has 1 N–H and O–H groups in total. The van der Waals surface area contributed by atoms with Gasteiger partial charge in [0.25, 0.3) is 5.56 Å². The maximum Gasteiger partial charge on any atom is 0.338 e. The lowest BCUT2D eigenvalue weighted by Crippen LogP contribution is -2.40. The normalized spacial score (nSPS) is 15.0. The summed E-state index contributed by atoms with van der Waals surface area (Å²) >= 11 is 4.28. The number of nitro groups is 1. The summed E-state index contributed by atoms with van der Waals surface area (Å²) in [5, 5.41) is 22.0. The van der Waals surface area contributed by atoms with Crippen LogP contribution in [-0.4, -0.2) is 27.2 Å². The van der Waals surface area contributed by atoms with Gasteiger partial charge in [0, 0.05) is 21.7 Å². The predicted octanol–water partition coefficient (Wildman–Crippen LogP) is 4.31. The summed E-state index contributed by atoms with van der Waals surface area (Å²) < 4.78 is 7.39. The minimum atomic E-state index is -0.843. The molecule has 1 aromatic heterocycles. The molecule has 39 heavy (non-hydrogen) atoms. The fourth-order valence-corrected chi connectivity index (χ4v) is 5.84. The Bertz CT molecular complexity index is 1810. The fraction of sp³-hybridized carbons (Fsp3) is 0.107. The van der Waals surface area contributed by atoms with Crippen molar-refractivity contribution in [1.29, 1.82) is 0 Å². The summed E-state index contributed by atoms with van der Waals surface area (Å²) in [6.45, 7) is 1.84. The average Bonchev–Trinajstić information content (AvgIpc) is 3.24. The zero-order valence-electron chi connectivity index (χ0n) is 20.4. The first kappa shape index (κ1) is 26.3. The van der Waals surface area contributed by atoms with Crippen molar-refractivity contribution in [2.24, 2.45) is 4.99 Å². The first-order valence-electron chi connectivity index (χ1n) is 11.8. The van der Waals surface area contributed by atoms with Crippen LogP contribution in [0.2, 0.25) is 0 Å². The Kier molecular flexibility index (Phi) is 7.27. The SMILES string of the molecule is CCOC(=O)C1=C(c2ccccc2)N=c2s/c(=C\c3cc(Br)cc([N+](=O)[O-])c3O)c(=O)n2[C@@H]1c1ccccc1. The van der Waals surface area contributed by atoms with Gasteiger partial charge < -0.3 is 9.84 Å². The second-order valence-corrected chi connectivity index (χ2v) is 10.4. The molecule has 0 spiro atoms. The van der Waals surface area contributed by atoms with E-state index in [2.05, 4.69) is 15.9 Å². The highest BCUT2D eigenvalue weighted by molar-refractivity contribution is 9.10. The van der Waals surface area contributed by atoms with Crippen molar-refractivity contribution in [1.82, 2.24) is 4.57 Å². The number of hydrogen-bond donors (Lipinski definition) is 1. The lowest BCUT2D eigenvalue weighted by atomic mass is 9.93. The van der Waals surface area contributed by atoms with Crippen molar-refractivity contribution in [3.05, 3.63) is 129 Å². The van der Waals surface area contributed by atoms with Crippen LogP contribution in [0.5, 0.6) is 5.75 Å². The molecule has 0 aliphatic carbocycles. The van der Waals surface area contributed by atoms with E-state index in [1.807, 2.05) is 60.7 Å². The van der Waals surface area contributed by atoms with Gasteiger partial charge in [-0.3, -0.25) is 19.5 Å². The topological polar surface area (TPSA) is 124 Å². The van der Waals surface area contributed by atoms with Gasteiger partial charge in [-0.1, -0.05) is 87.9 Å². The van der Waals surface area contributed by atoms with Crippen molar-refractivity contribution < 1.29 is 19.6 Å². The highest BCUT2D eigenvalue weighted by atomic mass is 79.9. The molecule has 0 amide bonds. The highest BCUT2D eigenvalue weighted by Gasteiger charge is 2.35. The minimum absolute atomic E-state index is 0.0884. The third-order valence-corrected chi connectivity index (χ3v) is 7.50. The summed E-state index contributed by atoms with van der Waals surface area (Å²) in [5.74, 6) is -1.16. The van der Waals surface area contributed by atoms with E-state index in [1.54, 1.807) is 6.92 Å². The number of aromatic nitrogens is 1. The Morgan fingerprint density at radius 1 is 1.18 bits per heavy atom. The molecule has 5 rings (SSSR count). The Morgan fingerprint density at radius 3 is 2.49 bits per heavy atom. The molecule has 0 radical (unpaired) electrons. The molecule has 0 unspecified atom stereocenters. The van der Waals surface area contributed by atoms with Crippen molar-refractivity contribution in [3.63, 3.8) is 0 Å². The van der Waals surface area contributed by atoms with Gasteiger partial charge in [-0.05, 0) is 24.6 Å². The number of thiazole rings is 1. The van der Waals surface area contributed by atoms with E-state index in [1.165, 1.54) is 22.8 Å². The van der Waals surface area contributed by atoms with Gasteiger partial charge in [0.15, 0.2) is 4.80 Å². The van der Waals surface area contributed by atoms with Crippen LogP contribution in [0, 0.1) is 10.1 Å². The zero-order valence-corrected chi connectivity index (χ0v) is 22.8. The number of benzene rings is 3. The van der Waals surface area contributed by atoms with Crippen molar-refractivity contribution in [2.75, 3.05) is 6.61 Å². The van der Waals surface area contributed by atoms with Crippen LogP contribution in [0.15, 0.2) is 92.6 Å². The summed E-state index contributed by atoms with van der Waals surface area (Å²) in [6.07, 6.45) is 1.38. The van der Waals surface area contributed by atoms with E-state index in [0.717, 1.165) is 11.3 Å². The summed E-state index contributed by atoms with van der Waals surface area (Å²) in [7, 11) is 0. The molecule has 0 bridgehead atoms. The summed E-state index contributed by atoms with van der Waals surface area (Å²) in [4.78, 5) is 43.1. The molecular formula is C28H20BrN3O6S.